The third-order valence-electron chi connectivity index (χ3n) is 3.60. The molecule has 4 N–H and O–H groups in total. The van der Waals surface area contributed by atoms with Crippen LogP contribution in [0.15, 0.2) is 30.3 Å². The topological polar surface area (TPSA) is 92.4 Å². The van der Waals surface area contributed by atoms with E-state index in [0.717, 1.165) is 12.8 Å². The van der Waals surface area contributed by atoms with Crippen molar-refractivity contribution < 1.29 is 14.7 Å². The quantitative estimate of drug-likeness (QED) is 0.760. The van der Waals surface area contributed by atoms with Crippen molar-refractivity contribution in [3.63, 3.8) is 0 Å². The summed E-state index contributed by atoms with van der Waals surface area (Å²) in [7, 11) is 0. The van der Waals surface area contributed by atoms with Crippen molar-refractivity contribution in [1.82, 2.24) is 5.32 Å². The molecule has 0 aromatic heterocycles. The van der Waals surface area contributed by atoms with E-state index in [-0.39, 0.29) is 5.91 Å². The van der Waals surface area contributed by atoms with Crippen molar-refractivity contribution >= 4 is 11.9 Å². The van der Waals surface area contributed by atoms with E-state index in [0.29, 0.717) is 18.4 Å². The Morgan fingerprint density at radius 1 is 1.21 bits per heavy atom. The van der Waals surface area contributed by atoms with Crippen LogP contribution < -0.4 is 11.1 Å². The number of amides is 1. The molecule has 1 saturated carbocycles. The lowest BCUT2D eigenvalue weighted by Crippen LogP contribution is -2.53. The Morgan fingerprint density at radius 3 is 2.32 bits per heavy atom. The molecular formula is C14H18N2O3. The minimum Gasteiger partial charge on any atom is -0.479 e. The van der Waals surface area contributed by atoms with Gasteiger partial charge in [0.25, 0.3) is 0 Å². The highest BCUT2D eigenvalue weighted by molar-refractivity contribution is 5.90. The average molecular weight is 262 g/mol. The summed E-state index contributed by atoms with van der Waals surface area (Å²) in [5, 5.41) is 11.8. The van der Waals surface area contributed by atoms with Crippen LogP contribution in [-0.2, 0) is 9.59 Å². The third kappa shape index (κ3) is 2.93. The third-order valence-corrected chi connectivity index (χ3v) is 3.60. The standard InChI is InChI=1S/C14H18N2O3/c15-14(8-4-5-9-14)13(19)16-11(12(17)18)10-6-2-1-3-7-10/h1-3,6-7,11H,4-5,8-9,15H2,(H,16,19)(H,17,18). The second-order valence-electron chi connectivity index (χ2n) is 5.02. The minimum absolute atomic E-state index is 0.374. The molecule has 1 fully saturated rings. The van der Waals surface area contributed by atoms with Crippen molar-refractivity contribution in [3.05, 3.63) is 35.9 Å². The molecular weight excluding hydrogens is 244 g/mol. The number of carbonyl (C=O) groups excluding carboxylic acids is 1. The van der Waals surface area contributed by atoms with Crippen LogP contribution in [-0.4, -0.2) is 22.5 Å². The van der Waals surface area contributed by atoms with Crippen molar-refractivity contribution in [3.8, 4) is 0 Å². The lowest BCUT2D eigenvalue weighted by molar-refractivity contribution is -0.142. The van der Waals surface area contributed by atoms with E-state index in [1.165, 1.54) is 0 Å². The lowest BCUT2D eigenvalue weighted by atomic mass is 9.96. The Balaban J connectivity index is 2.14. The molecule has 1 amide bonds. The first-order valence-corrected chi connectivity index (χ1v) is 6.40. The molecule has 1 aliphatic carbocycles. The Kier molecular flexibility index (Phi) is 3.85. The normalized spacial score (nSPS) is 18.8. The molecule has 1 atom stereocenters. The van der Waals surface area contributed by atoms with Gasteiger partial charge in [0, 0.05) is 0 Å². The van der Waals surface area contributed by atoms with Crippen molar-refractivity contribution in [2.24, 2.45) is 5.73 Å². The maximum Gasteiger partial charge on any atom is 0.330 e. The van der Waals surface area contributed by atoms with Crippen LogP contribution in [0.2, 0.25) is 0 Å². The number of nitrogens with two attached hydrogens (primary N) is 1. The fourth-order valence-electron chi connectivity index (χ4n) is 2.44. The molecule has 0 heterocycles. The summed E-state index contributed by atoms with van der Waals surface area (Å²) in [6.45, 7) is 0. The van der Waals surface area contributed by atoms with Crippen LogP contribution in [0.3, 0.4) is 0 Å². The molecule has 0 saturated heterocycles. The largest absolute Gasteiger partial charge is 0.479 e. The van der Waals surface area contributed by atoms with Crippen LogP contribution in [0.1, 0.15) is 37.3 Å². The lowest BCUT2D eigenvalue weighted by Gasteiger charge is -2.25. The Morgan fingerprint density at radius 2 is 1.79 bits per heavy atom. The van der Waals surface area contributed by atoms with Gasteiger partial charge in [-0.05, 0) is 18.4 Å². The number of carboxylic acids is 1. The van der Waals surface area contributed by atoms with Gasteiger partial charge in [0.1, 0.15) is 0 Å². The van der Waals surface area contributed by atoms with Gasteiger partial charge >= 0.3 is 5.97 Å². The minimum atomic E-state index is -1.08. The molecule has 1 unspecified atom stereocenters. The SMILES string of the molecule is NC1(C(=O)NC(C(=O)O)c2ccccc2)CCCC1. The first-order valence-electron chi connectivity index (χ1n) is 6.40. The number of aliphatic carboxylic acids is 1. The fraction of sp³-hybridized carbons (Fsp3) is 0.429. The zero-order valence-corrected chi connectivity index (χ0v) is 10.6. The van der Waals surface area contributed by atoms with E-state index in [1.54, 1.807) is 30.3 Å². The number of carbonyl (C=O) groups is 2. The zero-order valence-electron chi connectivity index (χ0n) is 10.6. The molecule has 2 rings (SSSR count). The number of hydrogen-bond acceptors (Lipinski definition) is 3. The molecule has 102 valence electrons. The molecule has 1 aromatic rings. The fourth-order valence-corrected chi connectivity index (χ4v) is 2.44. The van der Waals surface area contributed by atoms with Crippen molar-refractivity contribution in [1.29, 1.82) is 0 Å². The molecule has 0 bridgehead atoms. The second-order valence-corrected chi connectivity index (χ2v) is 5.02. The molecule has 5 nitrogen and oxygen atoms in total. The second kappa shape index (κ2) is 5.40. The van der Waals surface area contributed by atoms with Gasteiger partial charge in [-0.25, -0.2) is 4.79 Å². The zero-order chi connectivity index (χ0) is 13.9. The molecule has 19 heavy (non-hydrogen) atoms. The summed E-state index contributed by atoms with van der Waals surface area (Å²) in [6.07, 6.45) is 3.04. The van der Waals surface area contributed by atoms with Crippen LogP contribution in [0.4, 0.5) is 0 Å². The Hall–Kier alpha value is -1.88. The number of rotatable bonds is 4. The summed E-state index contributed by atoms with van der Waals surface area (Å²) in [4.78, 5) is 23.5. The monoisotopic (exact) mass is 262 g/mol. The molecule has 0 radical (unpaired) electrons. The molecule has 5 heteroatoms. The summed E-state index contributed by atoms with van der Waals surface area (Å²) in [6, 6.07) is 7.59. The molecule has 1 aromatic carbocycles. The Labute approximate surface area is 111 Å². The van der Waals surface area contributed by atoms with Crippen LogP contribution in [0.25, 0.3) is 0 Å². The van der Waals surface area contributed by atoms with Crippen molar-refractivity contribution in [2.75, 3.05) is 0 Å². The molecule has 0 spiro atoms. The highest BCUT2D eigenvalue weighted by Crippen LogP contribution is 2.28. The van der Waals surface area contributed by atoms with E-state index >= 15 is 0 Å². The molecule has 0 aliphatic heterocycles. The highest BCUT2D eigenvalue weighted by Gasteiger charge is 2.39. The van der Waals surface area contributed by atoms with Gasteiger partial charge in [-0.1, -0.05) is 43.2 Å². The van der Waals surface area contributed by atoms with E-state index in [9.17, 15) is 14.7 Å². The average Bonchev–Trinajstić information content (AvgIpc) is 2.84. The summed E-state index contributed by atoms with van der Waals surface area (Å²) in [5.41, 5.74) is 5.66. The first kappa shape index (κ1) is 13.5. The van der Waals surface area contributed by atoms with Gasteiger partial charge < -0.3 is 16.2 Å². The van der Waals surface area contributed by atoms with Gasteiger partial charge in [0.2, 0.25) is 5.91 Å². The van der Waals surface area contributed by atoms with E-state index in [2.05, 4.69) is 5.32 Å². The first-order chi connectivity index (χ1) is 9.03. The van der Waals surface area contributed by atoms with Crippen LogP contribution >= 0.6 is 0 Å². The predicted octanol–water partition coefficient (Wildman–Crippen LogP) is 1.20. The highest BCUT2D eigenvalue weighted by atomic mass is 16.4. The van der Waals surface area contributed by atoms with Gasteiger partial charge in [-0.2, -0.15) is 0 Å². The summed E-state index contributed by atoms with van der Waals surface area (Å²) < 4.78 is 0. The van der Waals surface area contributed by atoms with Crippen LogP contribution in [0.5, 0.6) is 0 Å². The predicted molar refractivity (Wildman–Crippen MR) is 70.3 cm³/mol. The summed E-state index contributed by atoms with van der Waals surface area (Å²) in [5.74, 6) is -1.46. The summed E-state index contributed by atoms with van der Waals surface area (Å²) >= 11 is 0. The number of hydrogen-bond donors (Lipinski definition) is 3. The van der Waals surface area contributed by atoms with Gasteiger partial charge in [0.15, 0.2) is 6.04 Å². The number of benzene rings is 1. The van der Waals surface area contributed by atoms with E-state index in [1.807, 2.05) is 0 Å². The van der Waals surface area contributed by atoms with E-state index in [4.69, 9.17) is 5.73 Å². The number of nitrogens with one attached hydrogen (secondary N) is 1. The van der Waals surface area contributed by atoms with Gasteiger partial charge in [-0.3, -0.25) is 4.79 Å². The van der Waals surface area contributed by atoms with Crippen LogP contribution in [0, 0.1) is 0 Å². The smallest absolute Gasteiger partial charge is 0.330 e. The Bertz CT molecular complexity index is 467. The molecule has 1 aliphatic rings. The van der Waals surface area contributed by atoms with E-state index < -0.39 is 17.6 Å². The maximum atomic E-state index is 12.2. The van der Waals surface area contributed by atoms with Crippen molar-refractivity contribution in [2.45, 2.75) is 37.3 Å². The number of carboxylic acid groups (broad SMARTS) is 1. The maximum absolute atomic E-state index is 12.2. The van der Waals surface area contributed by atoms with Gasteiger partial charge in [0.05, 0.1) is 5.54 Å². The van der Waals surface area contributed by atoms with Gasteiger partial charge in [-0.15, -0.1) is 0 Å².